The van der Waals surface area contributed by atoms with Crippen LogP contribution in [0.25, 0.3) is 0 Å². The molecule has 0 aromatic heterocycles. The average molecular weight is 95.2 g/mol. The van der Waals surface area contributed by atoms with E-state index in [0.29, 0.717) is 0 Å². The quantitative estimate of drug-likeness (QED) is 0.469. The van der Waals surface area contributed by atoms with E-state index in [2.05, 4.69) is 19.1 Å². The third-order valence-corrected chi connectivity index (χ3v) is 1.40. The maximum absolute atomic E-state index is 2.23. The second kappa shape index (κ2) is 2.15. The summed E-state index contributed by atoms with van der Waals surface area (Å²) < 4.78 is 0. The molecule has 0 nitrogen and oxygen atoms in total. The lowest BCUT2D eigenvalue weighted by atomic mass is 9.85. The van der Waals surface area contributed by atoms with E-state index in [9.17, 15) is 0 Å². The lowest BCUT2D eigenvalue weighted by Gasteiger charge is -2.19. The molecule has 0 saturated heterocycles. The molecule has 0 spiro atoms. The summed E-state index contributed by atoms with van der Waals surface area (Å²) in [5.41, 5.74) is 0. The molecule has 1 saturated carbocycles. The van der Waals surface area contributed by atoms with Gasteiger partial charge in [-0.25, -0.2) is 0 Å². The van der Waals surface area contributed by atoms with Crippen LogP contribution in [0.4, 0.5) is 0 Å². The van der Waals surface area contributed by atoms with Gasteiger partial charge in [0, 0.05) is 0 Å². The minimum Gasteiger partial charge on any atom is -0.0911 e. The van der Waals surface area contributed by atoms with Crippen molar-refractivity contribution in [3.8, 4) is 0 Å². The van der Waals surface area contributed by atoms with Crippen molar-refractivity contribution >= 4 is 0 Å². The molecule has 1 aliphatic carbocycles. The van der Waals surface area contributed by atoms with Gasteiger partial charge in [0.2, 0.25) is 0 Å². The van der Waals surface area contributed by atoms with E-state index in [1.165, 1.54) is 19.3 Å². The monoisotopic (exact) mass is 95.1 g/mol. The van der Waals surface area contributed by atoms with Gasteiger partial charge in [-0.3, -0.25) is 0 Å². The van der Waals surface area contributed by atoms with Gasteiger partial charge < -0.3 is 0 Å². The number of rotatable bonds is 1. The average Bonchev–Trinajstić information content (AvgIpc) is 1.55. The lowest BCUT2D eigenvalue weighted by molar-refractivity contribution is 0.587. The molecule has 0 aromatic rings. The minimum atomic E-state index is 1.35. The van der Waals surface area contributed by atoms with Crippen molar-refractivity contribution in [2.75, 3.05) is 0 Å². The normalized spacial score (nSPS) is 23.0. The fourth-order valence-corrected chi connectivity index (χ4v) is 0.783. The van der Waals surface area contributed by atoms with Crippen LogP contribution < -0.4 is 0 Å². The van der Waals surface area contributed by atoms with Crippen LogP contribution in [-0.4, -0.2) is 0 Å². The second-order valence-corrected chi connectivity index (χ2v) is 2.01. The van der Waals surface area contributed by atoms with E-state index in [1.807, 2.05) is 0 Å². The summed E-state index contributed by atoms with van der Waals surface area (Å²) in [6, 6.07) is 0. The predicted molar refractivity (Wildman–Crippen MR) is 31.9 cm³/mol. The molecule has 1 fully saturated rings. The number of allylic oxidation sites excluding steroid dienone is 2. The molecule has 0 bridgehead atoms. The fraction of sp³-hybridized carbons (Fsp3) is 0.571. The highest BCUT2D eigenvalue weighted by molar-refractivity contribution is 5.14. The standard InChI is InChI=1S/C7H11/c1-2-4-7-5-3-6-7/h2,4H,3,5-6H2,1H3. The predicted octanol–water partition coefficient (Wildman–Crippen LogP) is 2.32. The van der Waals surface area contributed by atoms with Crippen molar-refractivity contribution in [1.82, 2.24) is 0 Å². The molecule has 0 heterocycles. The summed E-state index contributed by atoms with van der Waals surface area (Å²) in [5, 5.41) is 0. The Kier molecular flexibility index (Phi) is 1.50. The van der Waals surface area contributed by atoms with Gasteiger partial charge in [0.1, 0.15) is 0 Å². The first-order valence-electron chi connectivity index (χ1n) is 2.91. The third-order valence-electron chi connectivity index (χ3n) is 1.40. The summed E-state index contributed by atoms with van der Waals surface area (Å²) in [4.78, 5) is 0. The Morgan fingerprint density at radius 1 is 1.43 bits per heavy atom. The third kappa shape index (κ3) is 1.05. The van der Waals surface area contributed by atoms with Gasteiger partial charge in [0.25, 0.3) is 0 Å². The van der Waals surface area contributed by atoms with Crippen LogP contribution in [0.3, 0.4) is 0 Å². The van der Waals surface area contributed by atoms with Crippen LogP contribution in [0.2, 0.25) is 0 Å². The summed E-state index contributed by atoms with van der Waals surface area (Å²) in [6.45, 7) is 2.07. The Balaban J connectivity index is 2.14. The largest absolute Gasteiger partial charge is 0.0911 e. The van der Waals surface area contributed by atoms with Crippen LogP contribution in [0.1, 0.15) is 26.2 Å². The maximum atomic E-state index is 2.23. The van der Waals surface area contributed by atoms with E-state index in [1.54, 1.807) is 5.92 Å². The van der Waals surface area contributed by atoms with Gasteiger partial charge in [-0.2, -0.15) is 0 Å². The molecule has 1 aliphatic rings. The first kappa shape index (κ1) is 4.89. The Bertz CT molecular complexity index is 68.1. The number of hydrogen-bond donors (Lipinski definition) is 0. The van der Waals surface area contributed by atoms with Gasteiger partial charge in [-0.05, 0) is 25.7 Å². The van der Waals surface area contributed by atoms with Gasteiger partial charge in [-0.1, -0.05) is 18.6 Å². The molecule has 0 aromatic carbocycles. The summed E-state index contributed by atoms with van der Waals surface area (Å²) >= 11 is 0. The first-order valence-corrected chi connectivity index (χ1v) is 2.91. The van der Waals surface area contributed by atoms with Crippen LogP contribution in [0, 0.1) is 5.92 Å². The molecule has 1 radical (unpaired) electrons. The molecule has 0 heteroatoms. The molecular weight excluding hydrogens is 84.1 g/mol. The molecule has 0 amide bonds. The van der Waals surface area contributed by atoms with Gasteiger partial charge in [0.05, 0.1) is 0 Å². The Labute approximate surface area is 45.2 Å². The molecule has 1 rings (SSSR count). The Hall–Kier alpha value is -0.260. The summed E-state index contributed by atoms with van der Waals surface area (Å²) in [6.07, 6.45) is 8.46. The summed E-state index contributed by atoms with van der Waals surface area (Å²) in [5.74, 6) is 1.63. The first-order chi connectivity index (χ1) is 3.43. The highest BCUT2D eigenvalue weighted by Crippen LogP contribution is 2.29. The second-order valence-electron chi connectivity index (χ2n) is 2.01. The Morgan fingerprint density at radius 3 is 2.29 bits per heavy atom. The van der Waals surface area contributed by atoms with Crippen molar-refractivity contribution in [2.24, 2.45) is 0 Å². The molecule has 39 valence electrons. The van der Waals surface area contributed by atoms with Crippen molar-refractivity contribution in [1.29, 1.82) is 0 Å². The van der Waals surface area contributed by atoms with Crippen LogP contribution in [0.5, 0.6) is 0 Å². The zero-order valence-corrected chi connectivity index (χ0v) is 4.78. The van der Waals surface area contributed by atoms with E-state index in [4.69, 9.17) is 0 Å². The molecule has 7 heavy (non-hydrogen) atoms. The molecule has 0 aliphatic heterocycles. The number of hydrogen-bond acceptors (Lipinski definition) is 0. The highest BCUT2D eigenvalue weighted by atomic mass is 14.2. The fourth-order valence-electron chi connectivity index (χ4n) is 0.783. The van der Waals surface area contributed by atoms with Crippen LogP contribution in [0.15, 0.2) is 12.2 Å². The zero-order chi connectivity index (χ0) is 5.11. The van der Waals surface area contributed by atoms with Crippen molar-refractivity contribution in [3.05, 3.63) is 18.1 Å². The smallest absolute Gasteiger partial charge is 0.00274 e. The Morgan fingerprint density at radius 2 is 2.14 bits per heavy atom. The van der Waals surface area contributed by atoms with Crippen LogP contribution >= 0.6 is 0 Å². The molecule has 0 unspecified atom stereocenters. The van der Waals surface area contributed by atoms with E-state index >= 15 is 0 Å². The van der Waals surface area contributed by atoms with Gasteiger partial charge in [-0.15, -0.1) is 0 Å². The van der Waals surface area contributed by atoms with E-state index in [-0.39, 0.29) is 0 Å². The van der Waals surface area contributed by atoms with Gasteiger partial charge in [0.15, 0.2) is 0 Å². The van der Waals surface area contributed by atoms with Crippen molar-refractivity contribution in [3.63, 3.8) is 0 Å². The SMILES string of the molecule is CC=C[C]1CCC1. The maximum Gasteiger partial charge on any atom is -0.00274 e. The van der Waals surface area contributed by atoms with E-state index < -0.39 is 0 Å². The molecule has 0 N–H and O–H groups in total. The molecule has 0 atom stereocenters. The van der Waals surface area contributed by atoms with Crippen molar-refractivity contribution in [2.45, 2.75) is 26.2 Å². The van der Waals surface area contributed by atoms with Gasteiger partial charge >= 0.3 is 0 Å². The molecular formula is C7H11. The lowest BCUT2D eigenvalue weighted by Crippen LogP contribution is -2.03. The van der Waals surface area contributed by atoms with E-state index in [0.717, 1.165) is 0 Å². The highest BCUT2D eigenvalue weighted by Gasteiger charge is 2.13. The summed E-state index contributed by atoms with van der Waals surface area (Å²) in [7, 11) is 0. The zero-order valence-electron chi connectivity index (χ0n) is 4.78. The topological polar surface area (TPSA) is 0 Å². The minimum absolute atomic E-state index is 1.35. The van der Waals surface area contributed by atoms with Crippen LogP contribution in [-0.2, 0) is 0 Å². The van der Waals surface area contributed by atoms with Crippen molar-refractivity contribution < 1.29 is 0 Å².